The van der Waals surface area contributed by atoms with Crippen molar-refractivity contribution in [3.63, 3.8) is 0 Å². The van der Waals surface area contributed by atoms with Gasteiger partial charge >= 0.3 is 0 Å². The molecule has 2 aromatic rings. The highest BCUT2D eigenvalue weighted by Crippen LogP contribution is 2.30. The number of fused-ring (bicyclic) bond motifs is 1. The molecule has 0 fully saturated rings. The summed E-state index contributed by atoms with van der Waals surface area (Å²) >= 11 is 5.64. The number of aldehydes is 1. The number of carbonyl (C=O) groups is 1. The SMILES string of the molecule is N#Cc1cc2c(S)cc(C=O)cc2s1. The second-order valence-corrected chi connectivity index (χ2v) is 4.36. The third kappa shape index (κ3) is 1.41. The largest absolute Gasteiger partial charge is 0.298 e. The first-order valence-corrected chi connectivity index (χ1v) is 5.13. The first-order valence-electron chi connectivity index (χ1n) is 3.86. The molecule has 1 aromatic heterocycles. The van der Waals surface area contributed by atoms with E-state index in [2.05, 4.69) is 18.7 Å². The molecule has 0 radical (unpaired) electrons. The molecule has 0 N–H and O–H groups in total. The summed E-state index contributed by atoms with van der Waals surface area (Å²) in [6, 6.07) is 7.34. The zero-order chi connectivity index (χ0) is 10.1. The molecule has 14 heavy (non-hydrogen) atoms. The summed E-state index contributed by atoms with van der Waals surface area (Å²) in [5.74, 6) is 0. The average Bonchev–Trinajstić information content (AvgIpc) is 2.61. The van der Waals surface area contributed by atoms with E-state index in [0.717, 1.165) is 21.3 Å². The minimum absolute atomic E-state index is 0.592. The Morgan fingerprint density at radius 2 is 2.21 bits per heavy atom. The van der Waals surface area contributed by atoms with Gasteiger partial charge in [-0.25, -0.2) is 0 Å². The number of benzene rings is 1. The van der Waals surface area contributed by atoms with E-state index in [0.29, 0.717) is 10.4 Å². The molecule has 0 atom stereocenters. The van der Waals surface area contributed by atoms with Crippen LogP contribution in [0.5, 0.6) is 0 Å². The maximum atomic E-state index is 10.6. The third-order valence-corrected chi connectivity index (χ3v) is 3.24. The Hall–Kier alpha value is -1.31. The number of carbonyl (C=O) groups excluding carboxylic acids is 1. The fourth-order valence-electron chi connectivity index (χ4n) is 1.26. The van der Waals surface area contributed by atoms with E-state index in [1.165, 1.54) is 11.3 Å². The lowest BCUT2D eigenvalue weighted by Crippen LogP contribution is -1.78. The molecule has 0 spiro atoms. The van der Waals surface area contributed by atoms with Crippen LogP contribution in [0.3, 0.4) is 0 Å². The highest BCUT2D eigenvalue weighted by atomic mass is 32.1. The third-order valence-electron chi connectivity index (χ3n) is 1.88. The Balaban J connectivity index is 2.81. The summed E-state index contributed by atoms with van der Waals surface area (Å²) in [7, 11) is 0. The number of hydrogen-bond acceptors (Lipinski definition) is 4. The Bertz CT molecular complexity index is 551. The molecule has 4 heteroatoms. The standard InChI is InChI=1S/C10H5NOS2/c11-4-7-3-8-9(13)1-6(5-12)2-10(8)14-7/h1-3,5,13H. The van der Waals surface area contributed by atoms with Gasteiger partial charge in [0.15, 0.2) is 0 Å². The van der Waals surface area contributed by atoms with Gasteiger partial charge in [0.25, 0.3) is 0 Å². The maximum Gasteiger partial charge on any atom is 0.150 e. The van der Waals surface area contributed by atoms with Gasteiger partial charge in [0.2, 0.25) is 0 Å². The van der Waals surface area contributed by atoms with Crippen LogP contribution in [0.25, 0.3) is 10.1 Å². The lowest BCUT2D eigenvalue weighted by atomic mass is 10.2. The van der Waals surface area contributed by atoms with E-state index in [4.69, 9.17) is 5.26 Å². The van der Waals surface area contributed by atoms with Crippen LogP contribution in [0.15, 0.2) is 23.1 Å². The molecular formula is C10H5NOS2. The molecular weight excluding hydrogens is 214 g/mol. The molecule has 0 aliphatic rings. The van der Waals surface area contributed by atoms with E-state index in [-0.39, 0.29) is 0 Å². The minimum atomic E-state index is 0.592. The van der Waals surface area contributed by atoms with Crippen molar-refractivity contribution in [3.8, 4) is 6.07 Å². The number of thiophene rings is 1. The smallest absolute Gasteiger partial charge is 0.150 e. The molecule has 0 unspecified atom stereocenters. The van der Waals surface area contributed by atoms with Gasteiger partial charge in [-0.3, -0.25) is 4.79 Å². The molecule has 2 nitrogen and oxygen atoms in total. The molecule has 2 rings (SSSR count). The highest BCUT2D eigenvalue weighted by molar-refractivity contribution is 7.80. The van der Waals surface area contributed by atoms with Crippen molar-refractivity contribution in [3.05, 3.63) is 28.6 Å². The van der Waals surface area contributed by atoms with Crippen molar-refractivity contribution < 1.29 is 4.79 Å². The summed E-state index contributed by atoms with van der Waals surface area (Å²) in [6.07, 6.45) is 0.783. The Kier molecular flexibility index (Phi) is 2.28. The topological polar surface area (TPSA) is 40.9 Å². The summed E-state index contributed by atoms with van der Waals surface area (Å²) in [5, 5.41) is 9.65. The van der Waals surface area contributed by atoms with E-state index in [9.17, 15) is 4.79 Å². The Morgan fingerprint density at radius 1 is 1.43 bits per heavy atom. The van der Waals surface area contributed by atoms with Crippen LogP contribution in [0.2, 0.25) is 0 Å². The predicted octanol–water partition coefficient (Wildman–Crippen LogP) is 2.87. The zero-order valence-corrected chi connectivity index (χ0v) is 8.73. The summed E-state index contributed by atoms with van der Waals surface area (Å²) in [6.45, 7) is 0. The van der Waals surface area contributed by atoms with E-state index in [1.54, 1.807) is 18.2 Å². The van der Waals surface area contributed by atoms with Crippen molar-refractivity contribution in [1.29, 1.82) is 5.26 Å². The summed E-state index contributed by atoms with van der Waals surface area (Å²) < 4.78 is 0.927. The van der Waals surface area contributed by atoms with E-state index >= 15 is 0 Å². The second kappa shape index (κ2) is 3.45. The van der Waals surface area contributed by atoms with Gasteiger partial charge in [0.1, 0.15) is 17.2 Å². The second-order valence-electron chi connectivity index (χ2n) is 2.79. The van der Waals surface area contributed by atoms with Gasteiger partial charge in [-0.1, -0.05) is 0 Å². The van der Waals surface area contributed by atoms with Crippen LogP contribution < -0.4 is 0 Å². The first-order chi connectivity index (χ1) is 6.74. The van der Waals surface area contributed by atoms with E-state index < -0.39 is 0 Å². The Labute approximate surface area is 90.2 Å². The van der Waals surface area contributed by atoms with Gasteiger partial charge in [0, 0.05) is 20.5 Å². The van der Waals surface area contributed by atoms with Gasteiger partial charge in [-0.05, 0) is 18.2 Å². The van der Waals surface area contributed by atoms with Crippen LogP contribution in [0, 0.1) is 11.3 Å². The summed E-state index contributed by atoms with van der Waals surface area (Å²) in [4.78, 5) is 12.0. The molecule has 0 aliphatic carbocycles. The molecule has 68 valence electrons. The van der Waals surface area contributed by atoms with Crippen molar-refractivity contribution in [2.45, 2.75) is 4.90 Å². The Morgan fingerprint density at radius 3 is 2.86 bits per heavy atom. The average molecular weight is 219 g/mol. The number of nitriles is 1. The normalized spacial score (nSPS) is 10.0. The van der Waals surface area contributed by atoms with Gasteiger partial charge in [0.05, 0.1) is 0 Å². The van der Waals surface area contributed by atoms with Gasteiger partial charge in [-0.2, -0.15) is 5.26 Å². The van der Waals surface area contributed by atoms with Crippen LogP contribution >= 0.6 is 24.0 Å². The van der Waals surface area contributed by atoms with Crippen molar-refractivity contribution in [1.82, 2.24) is 0 Å². The fourth-order valence-corrected chi connectivity index (χ4v) is 2.61. The first kappa shape index (κ1) is 9.25. The van der Waals surface area contributed by atoms with Crippen molar-refractivity contribution in [2.24, 2.45) is 0 Å². The van der Waals surface area contributed by atoms with Crippen LogP contribution in [-0.4, -0.2) is 6.29 Å². The van der Waals surface area contributed by atoms with Crippen molar-refractivity contribution >= 4 is 40.3 Å². The van der Waals surface area contributed by atoms with Crippen LogP contribution in [0.4, 0.5) is 0 Å². The lowest BCUT2D eigenvalue weighted by Gasteiger charge is -1.95. The van der Waals surface area contributed by atoms with E-state index in [1.807, 2.05) is 0 Å². The molecule has 1 aromatic carbocycles. The monoisotopic (exact) mass is 219 g/mol. The molecule has 0 saturated carbocycles. The molecule has 1 heterocycles. The van der Waals surface area contributed by atoms with Gasteiger partial charge < -0.3 is 0 Å². The maximum absolute atomic E-state index is 10.6. The lowest BCUT2D eigenvalue weighted by molar-refractivity contribution is 0.112. The minimum Gasteiger partial charge on any atom is -0.298 e. The molecule has 0 saturated heterocycles. The molecule has 0 bridgehead atoms. The fraction of sp³-hybridized carbons (Fsp3) is 0. The zero-order valence-electron chi connectivity index (χ0n) is 7.02. The molecule has 0 amide bonds. The number of nitrogens with zero attached hydrogens (tertiary/aromatic N) is 1. The quantitative estimate of drug-likeness (QED) is 0.592. The van der Waals surface area contributed by atoms with Crippen LogP contribution in [0.1, 0.15) is 15.2 Å². The predicted molar refractivity (Wildman–Crippen MR) is 59.2 cm³/mol. The number of hydrogen-bond donors (Lipinski definition) is 1. The van der Waals surface area contributed by atoms with Crippen molar-refractivity contribution in [2.75, 3.05) is 0 Å². The number of rotatable bonds is 1. The van der Waals surface area contributed by atoms with Crippen LogP contribution in [-0.2, 0) is 0 Å². The number of thiol groups is 1. The summed E-state index contributed by atoms with van der Waals surface area (Å²) in [5.41, 5.74) is 0.592. The van der Waals surface area contributed by atoms with Gasteiger partial charge in [-0.15, -0.1) is 24.0 Å². The molecule has 0 aliphatic heterocycles. The highest BCUT2D eigenvalue weighted by Gasteiger charge is 2.05.